The molecule has 0 heterocycles. The van der Waals surface area contributed by atoms with Crippen LogP contribution in [0.3, 0.4) is 0 Å². The monoisotopic (exact) mass is 239 g/mol. The molecule has 1 amide bonds. The number of amides is 1. The maximum Gasteiger partial charge on any atom is 0.225 e. The maximum absolute atomic E-state index is 11.8. The first-order valence-electron chi connectivity index (χ1n) is 5.45. The molecular formula is C13H18ClNO. The molecule has 0 spiro atoms. The molecule has 1 aromatic carbocycles. The second-order valence-corrected chi connectivity index (χ2v) is 4.77. The van der Waals surface area contributed by atoms with Gasteiger partial charge in [0.05, 0.1) is 6.04 Å². The fraction of sp³-hybridized carbons (Fsp3) is 0.462. The zero-order chi connectivity index (χ0) is 12.3. The second-order valence-electron chi connectivity index (χ2n) is 4.33. The van der Waals surface area contributed by atoms with Crippen LogP contribution in [-0.2, 0) is 4.79 Å². The van der Waals surface area contributed by atoms with Gasteiger partial charge >= 0.3 is 0 Å². The molecule has 0 aliphatic rings. The lowest BCUT2D eigenvalue weighted by Crippen LogP contribution is -2.32. The summed E-state index contributed by atoms with van der Waals surface area (Å²) in [5, 5.41) is 0.716. The van der Waals surface area contributed by atoms with E-state index in [-0.39, 0.29) is 17.9 Å². The van der Waals surface area contributed by atoms with Gasteiger partial charge in [0.2, 0.25) is 5.91 Å². The van der Waals surface area contributed by atoms with Crippen LogP contribution >= 0.6 is 11.6 Å². The van der Waals surface area contributed by atoms with Crippen molar-refractivity contribution >= 4 is 17.5 Å². The first kappa shape index (κ1) is 13.0. The van der Waals surface area contributed by atoms with E-state index in [1.165, 1.54) is 0 Å². The van der Waals surface area contributed by atoms with Crippen molar-refractivity contribution in [3.63, 3.8) is 0 Å². The highest BCUT2D eigenvalue weighted by atomic mass is 35.5. The van der Waals surface area contributed by atoms with Crippen LogP contribution in [-0.4, -0.2) is 17.9 Å². The van der Waals surface area contributed by atoms with E-state index in [2.05, 4.69) is 0 Å². The molecule has 0 N–H and O–H groups in total. The number of halogens is 1. The lowest BCUT2D eigenvalue weighted by atomic mass is 10.1. The molecule has 0 aromatic heterocycles. The van der Waals surface area contributed by atoms with Gasteiger partial charge < -0.3 is 4.90 Å². The first-order chi connectivity index (χ1) is 7.43. The van der Waals surface area contributed by atoms with Crippen molar-refractivity contribution in [1.82, 2.24) is 4.90 Å². The molecule has 1 unspecified atom stereocenters. The molecule has 16 heavy (non-hydrogen) atoms. The Kier molecular flexibility index (Phi) is 4.36. The van der Waals surface area contributed by atoms with E-state index in [1.807, 2.05) is 52.1 Å². The average molecular weight is 240 g/mol. The fourth-order valence-electron chi connectivity index (χ4n) is 1.56. The Bertz CT molecular complexity index is 359. The van der Waals surface area contributed by atoms with Crippen LogP contribution in [0.15, 0.2) is 24.3 Å². The van der Waals surface area contributed by atoms with Gasteiger partial charge in [0.15, 0.2) is 0 Å². The van der Waals surface area contributed by atoms with Crippen molar-refractivity contribution in [2.45, 2.75) is 26.8 Å². The van der Waals surface area contributed by atoms with Crippen LogP contribution in [0.5, 0.6) is 0 Å². The predicted molar refractivity (Wildman–Crippen MR) is 67.5 cm³/mol. The van der Waals surface area contributed by atoms with E-state index >= 15 is 0 Å². The van der Waals surface area contributed by atoms with Crippen LogP contribution in [0.25, 0.3) is 0 Å². The highest BCUT2D eigenvalue weighted by molar-refractivity contribution is 6.30. The third-order valence-electron chi connectivity index (χ3n) is 2.77. The largest absolute Gasteiger partial charge is 0.339 e. The van der Waals surface area contributed by atoms with Crippen molar-refractivity contribution in [3.05, 3.63) is 34.9 Å². The van der Waals surface area contributed by atoms with Gasteiger partial charge in [-0.3, -0.25) is 4.79 Å². The lowest BCUT2D eigenvalue weighted by Gasteiger charge is -2.27. The van der Waals surface area contributed by atoms with Crippen molar-refractivity contribution in [1.29, 1.82) is 0 Å². The number of carbonyl (C=O) groups is 1. The van der Waals surface area contributed by atoms with Crippen molar-refractivity contribution in [2.24, 2.45) is 5.92 Å². The molecule has 0 radical (unpaired) electrons. The average Bonchev–Trinajstić information content (AvgIpc) is 2.27. The highest BCUT2D eigenvalue weighted by Crippen LogP contribution is 2.21. The minimum Gasteiger partial charge on any atom is -0.339 e. The van der Waals surface area contributed by atoms with E-state index in [4.69, 9.17) is 11.6 Å². The van der Waals surface area contributed by atoms with Crippen LogP contribution in [0.1, 0.15) is 32.4 Å². The third kappa shape index (κ3) is 2.99. The molecule has 1 aromatic rings. The van der Waals surface area contributed by atoms with Crippen molar-refractivity contribution < 1.29 is 4.79 Å². The van der Waals surface area contributed by atoms with Crippen LogP contribution < -0.4 is 0 Å². The van der Waals surface area contributed by atoms with Gasteiger partial charge in [0, 0.05) is 18.0 Å². The van der Waals surface area contributed by atoms with Gasteiger partial charge in [0.25, 0.3) is 0 Å². The third-order valence-corrected chi connectivity index (χ3v) is 3.03. The summed E-state index contributed by atoms with van der Waals surface area (Å²) in [7, 11) is 1.83. The molecule has 3 heteroatoms. The molecule has 1 rings (SSSR count). The van der Waals surface area contributed by atoms with E-state index < -0.39 is 0 Å². The quantitative estimate of drug-likeness (QED) is 0.791. The second kappa shape index (κ2) is 5.35. The summed E-state index contributed by atoms with van der Waals surface area (Å²) < 4.78 is 0. The van der Waals surface area contributed by atoms with E-state index in [9.17, 15) is 4.79 Å². The molecule has 0 saturated heterocycles. The standard InChI is InChI=1S/C13H18ClNO/c1-9(2)13(16)15(4)10(3)11-5-7-12(14)8-6-11/h5-10H,1-4H3. The Morgan fingerprint density at radius 3 is 2.12 bits per heavy atom. The Balaban J connectivity index is 2.81. The van der Waals surface area contributed by atoms with Gasteiger partial charge in [-0.1, -0.05) is 37.6 Å². The van der Waals surface area contributed by atoms with Crippen LogP contribution in [0, 0.1) is 5.92 Å². The summed E-state index contributed by atoms with van der Waals surface area (Å²) in [6, 6.07) is 7.68. The topological polar surface area (TPSA) is 20.3 Å². The number of nitrogens with zero attached hydrogens (tertiary/aromatic N) is 1. The predicted octanol–water partition coefficient (Wildman–Crippen LogP) is 3.52. The summed E-state index contributed by atoms with van der Waals surface area (Å²) in [4.78, 5) is 13.6. The first-order valence-corrected chi connectivity index (χ1v) is 5.83. The zero-order valence-electron chi connectivity index (χ0n) is 10.2. The van der Waals surface area contributed by atoms with E-state index in [1.54, 1.807) is 4.90 Å². The van der Waals surface area contributed by atoms with Gasteiger partial charge in [-0.15, -0.1) is 0 Å². The molecular weight excluding hydrogens is 222 g/mol. The zero-order valence-corrected chi connectivity index (χ0v) is 11.0. The molecule has 0 aliphatic heterocycles. The summed E-state index contributed by atoms with van der Waals surface area (Å²) in [5.74, 6) is 0.183. The van der Waals surface area contributed by atoms with Crippen molar-refractivity contribution in [2.75, 3.05) is 7.05 Å². The Hall–Kier alpha value is -1.02. The molecule has 2 nitrogen and oxygen atoms in total. The minimum absolute atomic E-state index is 0.0275. The Morgan fingerprint density at radius 1 is 1.19 bits per heavy atom. The number of hydrogen-bond acceptors (Lipinski definition) is 1. The normalized spacial score (nSPS) is 12.6. The number of hydrogen-bond donors (Lipinski definition) is 0. The Morgan fingerprint density at radius 2 is 1.69 bits per heavy atom. The summed E-state index contributed by atoms with van der Waals surface area (Å²) in [5.41, 5.74) is 1.10. The van der Waals surface area contributed by atoms with Crippen molar-refractivity contribution in [3.8, 4) is 0 Å². The van der Waals surface area contributed by atoms with Gasteiger partial charge in [0.1, 0.15) is 0 Å². The van der Waals surface area contributed by atoms with E-state index in [0.29, 0.717) is 5.02 Å². The van der Waals surface area contributed by atoms with Gasteiger partial charge in [-0.2, -0.15) is 0 Å². The van der Waals surface area contributed by atoms with E-state index in [0.717, 1.165) is 5.56 Å². The van der Waals surface area contributed by atoms with Crippen LogP contribution in [0.4, 0.5) is 0 Å². The number of benzene rings is 1. The molecule has 0 bridgehead atoms. The minimum atomic E-state index is 0.0275. The summed E-state index contributed by atoms with van der Waals surface area (Å²) >= 11 is 5.83. The fourth-order valence-corrected chi connectivity index (χ4v) is 1.69. The number of carbonyl (C=O) groups excluding carboxylic acids is 1. The molecule has 0 saturated carbocycles. The highest BCUT2D eigenvalue weighted by Gasteiger charge is 2.19. The lowest BCUT2D eigenvalue weighted by molar-refractivity contribution is -0.135. The maximum atomic E-state index is 11.8. The molecule has 1 atom stereocenters. The number of rotatable bonds is 3. The SMILES string of the molecule is CC(C)C(=O)N(C)C(C)c1ccc(Cl)cc1. The summed E-state index contributed by atoms with van der Waals surface area (Å²) in [6.07, 6.45) is 0. The molecule has 0 fully saturated rings. The molecule has 88 valence electrons. The Labute approximate surface area is 102 Å². The van der Waals surface area contributed by atoms with Gasteiger partial charge in [-0.05, 0) is 24.6 Å². The van der Waals surface area contributed by atoms with Crippen LogP contribution in [0.2, 0.25) is 5.02 Å². The smallest absolute Gasteiger partial charge is 0.225 e. The van der Waals surface area contributed by atoms with Gasteiger partial charge in [-0.25, -0.2) is 0 Å². The summed E-state index contributed by atoms with van der Waals surface area (Å²) in [6.45, 7) is 5.84. The molecule has 0 aliphatic carbocycles.